The van der Waals surface area contributed by atoms with Crippen molar-refractivity contribution in [3.8, 4) is 0 Å². The van der Waals surface area contributed by atoms with Crippen LogP contribution < -0.4 is 0 Å². The third-order valence-electron chi connectivity index (χ3n) is 7.08. The lowest BCUT2D eigenvalue weighted by atomic mass is 9.71. The SMILES string of the molecule is CN(Cc1ccccc1)CC12CC3(C)CC1CC3(C)C2. The summed E-state index contributed by atoms with van der Waals surface area (Å²) in [5, 5.41) is 0. The molecule has 1 heteroatoms. The summed E-state index contributed by atoms with van der Waals surface area (Å²) in [5.74, 6) is 1.01. The fraction of sp³-hybridized carbons (Fsp3) is 0.684. The van der Waals surface area contributed by atoms with Crippen molar-refractivity contribution in [2.75, 3.05) is 13.6 Å². The summed E-state index contributed by atoms with van der Waals surface area (Å²) in [7, 11) is 2.31. The second-order valence-electron chi connectivity index (χ2n) is 8.60. The normalized spacial score (nSPS) is 44.9. The molecule has 0 aliphatic heterocycles. The Morgan fingerprint density at radius 3 is 2.15 bits per heavy atom. The largest absolute Gasteiger partial charge is 0.302 e. The summed E-state index contributed by atoms with van der Waals surface area (Å²) in [6.07, 6.45) is 5.98. The standard InChI is InChI=1S/C19H27N/c1-17-9-16-10-18(17,2)13-19(16,12-17)14-20(3)11-15-7-5-4-6-8-15/h4-8,16H,9-14H2,1-3H3. The molecule has 2 atom stereocenters. The van der Waals surface area contributed by atoms with Crippen molar-refractivity contribution in [2.45, 2.75) is 46.1 Å². The van der Waals surface area contributed by atoms with Gasteiger partial charge in [-0.1, -0.05) is 44.2 Å². The van der Waals surface area contributed by atoms with Crippen LogP contribution in [0.5, 0.6) is 0 Å². The van der Waals surface area contributed by atoms with Gasteiger partial charge in [0.2, 0.25) is 0 Å². The molecule has 1 aromatic rings. The zero-order valence-corrected chi connectivity index (χ0v) is 13.2. The van der Waals surface area contributed by atoms with Gasteiger partial charge in [0.25, 0.3) is 0 Å². The molecule has 4 bridgehead atoms. The lowest BCUT2D eigenvalue weighted by Gasteiger charge is -2.34. The van der Waals surface area contributed by atoms with Crippen molar-refractivity contribution >= 4 is 0 Å². The van der Waals surface area contributed by atoms with Crippen molar-refractivity contribution in [3.63, 3.8) is 0 Å². The number of benzene rings is 1. The summed E-state index contributed by atoms with van der Waals surface area (Å²) in [6.45, 7) is 7.54. The van der Waals surface area contributed by atoms with Gasteiger partial charge in [-0.15, -0.1) is 0 Å². The maximum atomic E-state index is 2.57. The van der Waals surface area contributed by atoms with Gasteiger partial charge in [0.05, 0.1) is 0 Å². The molecule has 1 nitrogen and oxygen atoms in total. The Hall–Kier alpha value is -0.820. The number of nitrogens with zero attached hydrogens (tertiary/aromatic N) is 1. The zero-order chi connectivity index (χ0) is 14.0. The van der Waals surface area contributed by atoms with E-state index in [-0.39, 0.29) is 0 Å². The van der Waals surface area contributed by atoms with E-state index in [1.165, 1.54) is 37.8 Å². The van der Waals surface area contributed by atoms with Gasteiger partial charge < -0.3 is 4.90 Å². The molecule has 2 unspecified atom stereocenters. The Balaban J connectivity index is 1.48. The quantitative estimate of drug-likeness (QED) is 0.786. The minimum atomic E-state index is 0.646. The summed E-state index contributed by atoms with van der Waals surface area (Å²) >= 11 is 0. The van der Waals surface area contributed by atoms with Crippen molar-refractivity contribution < 1.29 is 0 Å². The molecule has 0 spiro atoms. The number of hydrogen-bond donors (Lipinski definition) is 0. The van der Waals surface area contributed by atoms with Crippen LogP contribution in [0.4, 0.5) is 0 Å². The van der Waals surface area contributed by atoms with E-state index in [2.05, 4.69) is 56.1 Å². The minimum Gasteiger partial charge on any atom is -0.302 e. The first-order valence-corrected chi connectivity index (χ1v) is 8.17. The van der Waals surface area contributed by atoms with Crippen LogP contribution >= 0.6 is 0 Å². The average Bonchev–Trinajstić information content (AvgIpc) is 2.92. The van der Waals surface area contributed by atoms with Crippen LogP contribution in [0.2, 0.25) is 0 Å². The van der Waals surface area contributed by atoms with E-state index in [9.17, 15) is 0 Å². The summed E-state index contributed by atoms with van der Waals surface area (Å²) in [6, 6.07) is 10.9. The third-order valence-corrected chi connectivity index (χ3v) is 7.08. The highest BCUT2D eigenvalue weighted by molar-refractivity contribution is 5.23. The van der Waals surface area contributed by atoms with E-state index in [1.807, 2.05) is 0 Å². The van der Waals surface area contributed by atoms with Crippen molar-refractivity contribution in [1.29, 1.82) is 0 Å². The fourth-order valence-corrected chi connectivity index (χ4v) is 6.29. The molecule has 0 radical (unpaired) electrons. The predicted molar refractivity (Wildman–Crippen MR) is 83.4 cm³/mol. The van der Waals surface area contributed by atoms with Gasteiger partial charge in [0.15, 0.2) is 0 Å². The first-order chi connectivity index (χ1) is 9.45. The van der Waals surface area contributed by atoms with Crippen molar-refractivity contribution in [2.24, 2.45) is 22.2 Å². The molecule has 0 heterocycles. The van der Waals surface area contributed by atoms with Gasteiger partial charge >= 0.3 is 0 Å². The fourth-order valence-electron chi connectivity index (χ4n) is 6.29. The second-order valence-corrected chi connectivity index (χ2v) is 8.60. The van der Waals surface area contributed by atoms with Gasteiger partial charge in [-0.3, -0.25) is 0 Å². The molecular weight excluding hydrogens is 242 g/mol. The van der Waals surface area contributed by atoms with E-state index in [4.69, 9.17) is 0 Å². The molecule has 0 saturated heterocycles. The summed E-state index contributed by atoms with van der Waals surface area (Å²) < 4.78 is 0. The Labute approximate surface area is 123 Å². The number of rotatable bonds is 4. The molecule has 0 N–H and O–H groups in total. The molecule has 4 saturated carbocycles. The van der Waals surface area contributed by atoms with Gasteiger partial charge in [-0.25, -0.2) is 0 Å². The molecule has 5 rings (SSSR count). The van der Waals surface area contributed by atoms with Crippen molar-refractivity contribution in [1.82, 2.24) is 4.90 Å². The maximum absolute atomic E-state index is 2.57. The van der Waals surface area contributed by atoms with Crippen LogP contribution in [0.3, 0.4) is 0 Å². The van der Waals surface area contributed by atoms with E-state index in [0.717, 1.165) is 12.5 Å². The van der Waals surface area contributed by atoms with Crippen LogP contribution in [0, 0.1) is 22.2 Å². The van der Waals surface area contributed by atoms with Crippen LogP contribution in [0.15, 0.2) is 30.3 Å². The molecule has 4 aliphatic carbocycles. The van der Waals surface area contributed by atoms with E-state index < -0.39 is 0 Å². The maximum Gasteiger partial charge on any atom is 0.0230 e. The summed E-state index contributed by atoms with van der Waals surface area (Å²) in [5.41, 5.74) is 3.41. The van der Waals surface area contributed by atoms with Crippen molar-refractivity contribution in [3.05, 3.63) is 35.9 Å². The van der Waals surface area contributed by atoms with Crippen LogP contribution in [0.25, 0.3) is 0 Å². The lowest BCUT2D eigenvalue weighted by molar-refractivity contribution is 0.146. The molecule has 20 heavy (non-hydrogen) atoms. The first-order valence-electron chi connectivity index (χ1n) is 8.17. The predicted octanol–water partition coefficient (Wildman–Crippen LogP) is 4.33. The highest BCUT2D eigenvalue weighted by Gasteiger charge is 2.73. The Morgan fingerprint density at radius 2 is 1.65 bits per heavy atom. The van der Waals surface area contributed by atoms with E-state index >= 15 is 0 Å². The Morgan fingerprint density at radius 1 is 1.05 bits per heavy atom. The molecule has 0 aromatic heterocycles. The smallest absolute Gasteiger partial charge is 0.0230 e. The van der Waals surface area contributed by atoms with Gasteiger partial charge in [-0.05, 0) is 60.5 Å². The Kier molecular flexibility index (Phi) is 2.50. The highest BCUT2D eigenvalue weighted by Crippen LogP contribution is 2.81. The molecule has 0 amide bonds. The average molecular weight is 269 g/mol. The van der Waals surface area contributed by atoms with Crippen LogP contribution in [-0.4, -0.2) is 18.5 Å². The van der Waals surface area contributed by atoms with Crippen LogP contribution in [0.1, 0.15) is 45.1 Å². The summed E-state index contributed by atoms with van der Waals surface area (Å²) in [4.78, 5) is 2.57. The first kappa shape index (κ1) is 12.9. The molecule has 108 valence electrons. The third kappa shape index (κ3) is 1.59. The minimum absolute atomic E-state index is 0.646. The second kappa shape index (κ2) is 3.88. The van der Waals surface area contributed by atoms with E-state index in [0.29, 0.717) is 16.2 Å². The monoisotopic (exact) mass is 269 g/mol. The lowest BCUT2D eigenvalue weighted by Crippen LogP contribution is -2.35. The van der Waals surface area contributed by atoms with Crippen LogP contribution in [-0.2, 0) is 6.54 Å². The van der Waals surface area contributed by atoms with Gasteiger partial charge in [0, 0.05) is 13.1 Å². The van der Waals surface area contributed by atoms with E-state index in [1.54, 1.807) is 0 Å². The molecule has 4 fully saturated rings. The van der Waals surface area contributed by atoms with Gasteiger partial charge in [0.1, 0.15) is 0 Å². The zero-order valence-electron chi connectivity index (χ0n) is 13.2. The number of hydrogen-bond acceptors (Lipinski definition) is 1. The molecule has 1 aromatic carbocycles. The molecular formula is C19H27N. The van der Waals surface area contributed by atoms with Gasteiger partial charge in [-0.2, -0.15) is 0 Å². The highest BCUT2D eigenvalue weighted by atomic mass is 15.1. The molecule has 4 aliphatic rings. The Bertz CT molecular complexity index is 502. The topological polar surface area (TPSA) is 3.24 Å².